The average Bonchev–Trinajstić information content (AvgIpc) is 2.68. The molecule has 26 heavy (non-hydrogen) atoms. The SMILES string of the molecule is O=C(O)Nc1ccc(C(=O)c2ccccc2)cc1COC1CCCCO1. The van der Waals surface area contributed by atoms with Crippen LogP contribution in [0.25, 0.3) is 0 Å². The summed E-state index contributed by atoms with van der Waals surface area (Å²) in [4.78, 5) is 23.7. The van der Waals surface area contributed by atoms with Gasteiger partial charge in [0.2, 0.25) is 0 Å². The highest BCUT2D eigenvalue weighted by atomic mass is 16.7. The topological polar surface area (TPSA) is 84.9 Å². The van der Waals surface area contributed by atoms with Crippen molar-refractivity contribution in [2.45, 2.75) is 32.2 Å². The van der Waals surface area contributed by atoms with E-state index in [1.54, 1.807) is 42.5 Å². The standard InChI is InChI=1S/C20H21NO5/c22-19(14-6-2-1-3-7-14)15-9-10-17(21-20(23)24)16(12-15)13-26-18-8-4-5-11-25-18/h1-3,6-7,9-10,12,18,21H,4-5,8,11,13H2,(H,23,24). The van der Waals surface area contributed by atoms with Crippen molar-refractivity contribution < 1.29 is 24.2 Å². The van der Waals surface area contributed by atoms with E-state index in [0.29, 0.717) is 29.0 Å². The van der Waals surface area contributed by atoms with Crippen LogP contribution < -0.4 is 5.32 Å². The molecule has 6 nitrogen and oxygen atoms in total. The summed E-state index contributed by atoms with van der Waals surface area (Å²) < 4.78 is 11.3. The van der Waals surface area contributed by atoms with Crippen LogP contribution in [0.5, 0.6) is 0 Å². The van der Waals surface area contributed by atoms with Gasteiger partial charge in [-0.05, 0) is 37.5 Å². The maximum absolute atomic E-state index is 12.6. The first-order valence-corrected chi connectivity index (χ1v) is 8.59. The average molecular weight is 355 g/mol. The van der Waals surface area contributed by atoms with Gasteiger partial charge in [0.25, 0.3) is 0 Å². The molecule has 0 bridgehead atoms. The summed E-state index contributed by atoms with van der Waals surface area (Å²) in [6.45, 7) is 0.827. The van der Waals surface area contributed by atoms with Crippen molar-refractivity contribution in [3.8, 4) is 0 Å². The lowest BCUT2D eigenvalue weighted by Crippen LogP contribution is -2.22. The van der Waals surface area contributed by atoms with E-state index in [0.717, 1.165) is 19.3 Å². The van der Waals surface area contributed by atoms with Gasteiger partial charge in [-0.1, -0.05) is 30.3 Å². The first-order chi connectivity index (χ1) is 12.6. The van der Waals surface area contributed by atoms with Crippen LogP contribution in [0.3, 0.4) is 0 Å². The smallest absolute Gasteiger partial charge is 0.409 e. The van der Waals surface area contributed by atoms with Crippen LogP contribution in [-0.4, -0.2) is 29.9 Å². The highest BCUT2D eigenvalue weighted by molar-refractivity contribution is 6.09. The molecule has 1 aliphatic heterocycles. The predicted molar refractivity (Wildman–Crippen MR) is 96.3 cm³/mol. The molecule has 1 unspecified atom stereocenters. The zero-order valence-corrected chi connectivity index (χ0v) is 14.3. The van der Waals surface area contributed by atoms with Gasteiger partial charge in [0.15, 0.2) is 12.1 Å². The van der Waals surface area contributed by atoms with Crippen molar-refractivity contribution in [2.24, 2.45) is 0 Å². The Labute approximate surface area is 151 Å². The Hall–Kier alpha value is -2.70. The van der Waals surface area contributed by atoms with Gasteiger partial charge in [0.05, 0.1) is 6.61 Å². The first-order valence-electron chi connectivity index (χ1n) is 8.59. The molecule has 0 radical (unpaired) electrons. The number of amides is 1. The number of hydrogen-bond donors (Lipinski definition) is 2. The summed E-state index contributed by atoms with van der Waals surface area (Å²) >= 11 is 0. The number of anilines is 1. The van der Waals surface area contributed by atoms with Gasteiger partial charge < -0.3 is 14.6 Å². The largest absolute Gasteiger partial charge is 0.465 e. The normalized spacial score (nSPS) is 16.8. The van der Waals surface area contributed by atoms with Crippen LogP contribution in [0.1, 0.15) is 40.7 Å². The predicted octanol–water partition coefficient (Wildman–Crippen LogP) is 4.05. The minimum absolute atomic E-state index is 0.123. The molecule has 3 rings (SSSR count). The summed E-state index contributed by atoms with van der Waals surface area (Å²) in [6, 6.07) is 13.8. The molecule has 1 heterocycles. The van der Waals surface area contributed by atoms with Gasteiger partial charge in [-0.2, -0.15) is 0 Å². The van der Waals surface area contributed by atoms with E-state index in [1.165, 1.54) is 0 Å². The van der Waals surface area contributed by atoms with E-state index >= 15 is 0 Å². The van der Waals surface area contributed by atoms with Gasteiger partial charge in [0.1, 0.15) is 0 Å². The molecule has 6 heteroatoms. The Bertz CT molecular complexity index is 769. The van der Waals surface area contributed by atoms with E-state index in [1.807, 2.05) is 6.07 Å². The van der Waals surface area contributed by atoms with Crippen molar-refractivity contribution >= 4 is 17.6 Å². The molecule has 0 saturated carbocycles. The number of ketones is 1. The van der Waals surface area contributed by atoms with Crippen LogP contribution in [0.15, 0.2) is 48.5 Å². The minimum atomic E-state index is -1.16. The Morgan fingerprint density at radius 1 is 1.12 bits per heavy atom. The Balaban J connectivity index is 1.81. The lowest BCUT2D eigenvalue weighted by Gasteiger charge is -2.23. The molecule has 0 spiro atoms. The Morgan fingerprint density at radius 3 is 2.62 bits per heavy atom. The number of carbonyl (C=O) groups is 2. The number of ether oxygens (including phenoxy) is 2. The molecule has 1 amide bonds. The zero-order valence-electron chi connectivity index (χ0n) is 14.3. The zero-order chi connectivity index (χ0) is 18.4. The molecular formula is C20H21NO5. The van der Waals surface area contributed by atoms with Crippen LogP contribution >= 0.6 is 0 Å². The molecule has 2 N–H and O–H groups in total. The number of carbonyl (C=O) groups excluding carboxylic acids is 1. The fourth-order valence-corrected chi connectivity index (χ4v) is 2.87. The van der Waals surface area contributed by atoms with Crippen molar-refractivity contribution in [2.75, 3.05) is 11.9 Å². The molecule has 1 aliphatic rings. The second-order valence-electron chi connectivity index (χ2n) is 6.10. The van der Waals surface area contributed by atoms with Crippen LogP contribution in [0, 0.1) is 0 Å². The lowest BCUT2D eigenvalue weighted by molar-refractivity contribution is -0.168. The van der Waals surface area contributed by atoms with E-state index < -0.39 is 6.09 Å². The van der Waals surface area contributed by atoms with Gasteiger partial charge in [0, 0.05) is 29.0 Å². The molecule has 0 aromatic heterocycles. The number of hydrogen-bond acceptors (Lipinski definition) is 4. The number of benzene rings is 2. The molecule has 136 valence electrons. The van der Waals surface area contributed by atoms with Crippen LogP contribution in [0.4, 0.5) is 10.5 Å². The summed E-state index contributed by atoms with van der Waals surface area (Å²) in [7, 11) is 0. The summed E-state index contributed by atoms with van der Waals surface area (Å²) in [5.41, 5.74) is 2.06. The van der Waals surface area contributed by atoms with Gasteiger partial charge >= 0.3 is 6.09 Å². The Kier molecular flexibility index (Phi) is 5.99. The van der Waals surface area contributed by atoms with Crippen LogP contribution in [-0.2, 0) is 16.1 Å². The van der Waals surface area contributed by atoms with Crippen LogP contribution in [0.2, 0.25) is 0 Å². The van der Waals surface area contributed by atoms with Crippen molar-refractivity contribution in [3.63, 3.8) is 0 Å². The van der Waals surface area contributed by atoms with Crippen molar-refractivity contribution in [1.82, 2.24) is 0 Å². The molecule has 1 saturated heterocycles. The molecule has 1 atom stereocenters. The van der Waals surface area contributed by atoms with E-state index in [2.05, 4.69) is 5.32 Å². The van der Waals surface area contributed by atoms with Crippen molar-refractivity contribution in [1.29, 1.82) is 0 Å². The highest BCUT2D eigenvalue weighted by Gasteiger charge is 2.17. The minimum Gasteiger partial charge on any atom is -0.465 e. The number of rotatable bonds is 6. The molecular weight excluding hydrogens is 334 g/mol. The third kappa shape index (κ3) is 4.68. The fraction of sp³-hybridized carbons (Fsp3) is 0.300. The number of carboxylic acid groups (broad SMARTS) is 1. The van der Waals surface area contributed by atoms with Gasteiger partial charge in [-0.3, -0.25) is 10.1 Å². The van der Waals surface area contributed by atoms with Gasteiger partial charge in [-0.15, -0.1) is 0 Å². The Morgan fingerprint density at radius 2 is 1.92 bits per heavy atom. The molecule has 2 aromatic carbocycles. The summed E-state index contributed by atoms with van der Waals surface area (Å²) in [5.74, 6) is -0.123. The first kappa shape index (κ1) is 18.1. The second-order valence-corrected chi connectivity index (χ2v) is 6.10. The van der Waals surface area contributed by atoms with E-state index in [4.69, 9.17) is 14.6 Å². The third-order valence-electron chi connectivity index (χ3n) is 4.21. The lowest BCUT2D eigenvalue weighted by atomic mass is 10.0. The van der Waals surface area contributed by atoms with Gasteiger partial charge in [-0.25, -0.2) is 4.79 Å². The van der Waals surface area contributed by atoms with E-state index in [9.17, 15) is 9.59 Å². The number of nitrogens with one attached hydrogen (secondary N) is 1. The third-order valence-corrected chi connectivity index (χ3v) is 4.21. The molecule has 1 fully saturated rings. The molecule has 0 aliphatic carbocycles. The monoisotopic (exact) mass is 355 g/mol. The quantitative estimate of drug-likeness (QED) is 0.764. The highest BCUT2D eigenvalue weighted by Crippen LogP contribution is 2.23. The maximum atomic E-state index is 12.6. The summed E-state index contributed by atoms with van der Waals surface area (Å²) in [6.07, 6.45) is 1.41. The maximum Gasteiger partial charge on any atom is 0.409 e. The van der Waals surface area contributed by atoms with E-state index in [-0.39, 0.29) is 18.7 Å². The van der Waals surface area contributed by atoms with Crippen molar-refractivity contribution in [3.05, 3.63) is 65.2 Å². The molecule has 2 aromatic rings. The fourth-order valence-electron chi connectivity index (χ4n) is 2.87. The summed E-state index contributed by atoms with van der Waals surface area (Å²) in [5, 5.41) is 11.4. The second kappa shape index (κ2) is 8.60.